The fourth-order valence-corrected chi connectivity index (χ4v) is 7.01. The van der Waals surface area contributed by atoms with Crippen LogP contribution in [0.25, 0.3) is 0 Å². The van der Waals surface area contributed by atoms with Crippen molar-refractivity contribution in [3.63, 3.8) is 0 Å². The van der Waals surface area contributed by atoms with Gasteiger partial charge in [-0.15, -0.1) is 0 Å². The van der Waals surface area contributed by atoms with Crippen LogP contribution in [-0.4, -0.2) is 69.5 Å². The maximum atomic E-state index is 11.9. The SMILES string of the molecule is CC(=O)O[C@@H]1[C@@H](C(C)C)[C@H]2[C@H]([C@@H]3C[C@@](C)(O)[C@H](OC(C)=O)CC[C@](C)(O)[C@H]2O3)[C@]2(C)O[C@H]12. The summed E-state index contributed by atoms with van der Waals surface area (Å²) in [6, 6.07) is 0. The number of hydrogen-bond donors (Lipinski definition) is 2. The van der Waals surface area contributed by atoms with Crippen LogP contribution in [0.4, 0.5) is 0 Å². The van der Waals surface area contributed by atoms with E-state index in [1.807, 2.05) is 6.92 Å². The van der Waals surface area contributed by atoms with Gasteiger partial charge in [-0.05, 0) is 39.5 Å². The first kappa shape index (κ1) is 23.9. The molecule has 4 aliphatic rings. The maximum Gasteiger partial charge on any atom is 0.303 e. The number of carbonyl (C=O) groups excluding carboxylic acids is 2. The molecule has 3 aliphatic heterocycles. The minimum absolute atomic E-state index is 0.0559. The van der Waals surface area contributed by atoms with Crippen LogP contribution in [0.2, 0.25) is 0 Å². The Labute approximate surface area is 189 Å². The second kappa shape index (κ2) is 7.65. The fourth-order valence-electron chi connectivity index (χ4n) is 7.01. The molecule has 0 spiro atoms. The molecule has 8 nitrogen and oxygen atoms in total. The first-order valence-electron chi connectivity index (χ1n) is 11.8. The summed E-state index contributed by atoms with van der Waals surface area (Å²) in [5.74, 6) is -0.894. The van der Waals surface area contributed by atoms with Crippen molar-refractivity contribution in [2.45, 2.75) is 115 Å². The summed E-state index contributed by atoms with van der Waals surface area (Å²) in [5, 5.41) is 23.0. The van der Waals surface area contributed by atoms with E-state index >= 15 is 0 Å². The van der Waals surface area contributed by atoms with Crippen LogP contribution in [0, 0.1) is 23.7 Å². The number of fused-ring (bicyclic) bond motifs is 7. The van der Waals surface area contributed by atoms with Gasteiger partial charge >= 0.3 is 11.9 Å². The highest BCUT2D eigenvalue weighted by atomic mass is 16.7. The average Bonchev–Trinajstić information content (AvgIpc) is 3.18. The molecule has 0 aromatic heterocycles. The number of ether oxygens (including phenoxy) is 4. The molecule has 2 bridgehead atoms. The third kappa shape index (κ3) is 3.77. The Morgan fingerprint density at radius 1 is 1.00 bits per heavy atom. The summed E-state index contributed by atoms with van der Waals surface area (Å²) in [5.41, 5.74) is -3.11. The largest absolute Gasteiger partial charge is 0.460 e. The lowest BCUT2D eigenvalue weighted by molar-refractivity contribution is -0.167. The van der Waals surface area contributed by atoms with Gasteiger partial charge in [-0.25, -0.2) is 0 Å². The highest BCUT2D eigenvalue weighted by Gasteiger charge is 2.76. The molecule has 4 fully saturated rings. The van der Waals surface area contributed by atoms with Crippen LogP contribution in [0.1, 0.15) is 67.7 Å². The molecule has 0 aromatic carbocycles. The molecule has 3 saturated heterocycles. The molecule has 2 N–H and O–H groups in total. The molecule has 0 unspecified atom stereocenters. The monoisotopic (exact) mass is 454 g/mol. The number of esters is 2. The lowest BCUT2D eigenvalue weighted by Gasteiger charge is -2.47. The summed E-state index contributed by atoms with van der Waals surface area (Å²) < 4.78 is 24.0. The summed E-state index contributed by atoms with van der Waals surface area (Å²) in [4.78, 5) is 23.6. The van der Waals surface area contributed by atoms with Gasteiger partial charge in [0.05, 0.1) is 17.8 Å². The van der Waals surface area contributed by atoms with E-state index in [-0.39, 0.29) is 42.2 Å². The van der Waals surface area contributed by atoms with Gasteiger partial charge in [0.25, 0.3) is 0 Å². The molecular weight excluding hydrogens is 416 g/mol. The second-order valence-electron chi connectivity index (χ2n) is 11.4. The standard InChI is InChI=1S/C24H38O8/c1-11(2)16-17-18(24(7)21(32-24)19(16)30-13(4)26)14-10-23(6,28)15(29-12(3)25)8-9-22(5,27)20(17)31-14/h11,14-21,27-28H,8-10H2,1-7H3/t14-,15+,16-,17-,18-,19+,20-,21+,22-,23+,24-/m0/s1. The Bertz CT molecular complexity index is 776. The smallest absolute Gasteiger partial charge is 0.303 e. The molecule has 11 atom stereocenters. The van der Waals surface area contributed by atoms with E-state index in [4.69, 9.17) is 18.9 Å². The van der Waals surface area contributed by atoms with Crippen molar-refractivity contribution in [1.29, 1.82) is 0 Å². The van der Waals surface area contributed by atoms with Crippen molar-refractivity contribution in [3.05, 3.63) is 0 Å². The van der Waals surface area contributed by atoms with Crippen molar-refractivity contribution in [2.24, 2.45) is 23.7 Å². The zero-order valence-electron chi connectivity index (χ0n) is 20.2. The van der Waals surface area contributed by atoms with Crippen LogP contribution < -0.4 is 0 Å². The number of aliphatic hydroxyl groups is 2. The minimum Gasteiger partial charge on any atom is -0.460 e. The molecule has 1 saturated carbocycles. The third-order valence-corrected chi connectivity index (χ3v) is 8.37. The normalized spacial score (nSPS) is 52.2. The summed E-state index contributed by atoms with van der Waals surface area (Å²) in [6.45, 7) is 12.4. The number of rotatable bonds is 3. The molecule has 4 rings (SSSR count). The van der Waals surface area contributed by atoms with Crippen molar-refractivity contribution in [1.82, 2.24) is 0 Å². The quantitative estimate of drug-likeness (QED) is 0.491. The van der Waals surface area contributed by atoms with Crippen molar-refractivity contribution in [3.8, 4) is 0 Å². The van der Waals surface area contributed by atoms with E-state index in [0.717, 1.165) is 0 Å². The van der Waals surface area contributed by atoms with E-state index in [1.165, 1.54) is 13.8 Å². The Hall–Kier alpha value is -1.22. The molecule has 8 heteroatoms. The van der Waals surface area contributed by atoms with Gasteiger partial charge in [0.2, 0.25) is 0 Å². The molecule has 0 aromatic rings. The van der Waals surface area contributed by atoms with Gasteiger partial charge in [0, 0.05) is 38.0 Å². The topological polar surface area (TPSA) is 115 Å². The third-order valence-electron chi connectivity index (χ3n) is 8.37. The fraction of sp³-hybridized carbons (Fsp3) is 0.917. The number of hydrogen-bond acceptors (Lipinski definition) is 8. The predicted molar refractivity (Wildman–Crippen MR) is 113 cm³/mol. The Morgan fingerprint density at radius 3 is 2.19 bits per heavy atom. The van der Waals surface area contributed by atoms with Crippen molar-refractivity contribution < 1.29 is 38.7 Å². The van der Waals surface area contributed by atoms with Crippen LogP contribution >= 0.6 is 0 Å². The Kier molecular flexibility index (Phi) is 5.72. The van der Waals surface area contributed by atoms with Crippen LogP contribution in [0.5, 0.6) is 0 Å². The molecular formula is C24H38O8. The Morgan fingerprint density at radius 2 is 1.62 bits per heavy atom. The zero-order chi connectivity index (χ0) is 23.8. The van der Waals surface area contributed by atoms with Gasteiger partial charge in [0.1, 0.15) is 29.5 Å². The molecule has 0 radical (unpaired) electrons. The summed E-state index contributed by atoms with van der Waals surface area (Å²) >= 11 is 0. The molecule has 182 valence electrons. The van der Waals surface area contributed by atoms with Gasteiger partial charge in [-0.3, -0.25) is 9.59 Å². The Balaban J connectivity index is 1.76. The van der Waals surface area contributed by atoms with Gasteiger partial charge < -0.3 is 29.2 Å². The summed E-state index contributed by atoms with van der Waals surface area (Å²) in [7, 11) is 0. The lowest BCUT2D eigenvalue weighted by Crippen LogP contribution is -2.58. The highest BCUT2D eigenvalue weighted by molar-refractivity contribution is 5.66. The molecule has 3 heterocycles. The zero-order valence-corrected chi connectivity index (χ0v) is 20.2. The lowest BCUT2D eigenvalue weighted by atomic mass is 9.57. The summed E-state index contributed by atoms with van der Waals surface area (Å²) in [6.07, 6.45) is -1.42. The number of epoxide rings is 1. The first-order chi connectivity index (χ1) is 14.7. The highest BCUT2D eigenvalue weighted by Crippen LogP contribution is 2.64. The van der Waals surface area contributed by atoms with Gasteiger partial charge in [0.15, 0.2) is 0 Å². The predicted octanol–water partition coefficient (Wildman–Crippen LogP) is 1.98. The average molecular weight is 455 g/mol. The van der Waals surface area contributed by atoms with Crippen LogP contribution in [0.15, 0.2) is 0 Å². The van der Waals surface area contributed by atoms with Crippen molar-refractivity contribution in [2.75, 3.05) is 0 Å². The minimum atomic E-state index is -1.32. The molecule has 32 heavy (non-hydrogen) atoms. The van der Waals surface area contributed by atoms with Gasteiger partial charge in [-0.2, -0.15) is 0 Å². The van der Waals surface area contributed by atoms with E-state index in [0.29, 0.717) is 12.8 Å². The van der Waals surface area contributed by atoms with E-state index in [1.54, 1.807) is 13.8 Å². The van der Waals surface area contributed by atoms with E-state index in [2.05, 4.69) is 13.8 Å². The van der Waals surface area contributed by atoms with Crippen LogP contribution in [-0.2, 0) is 28.5 Å². The molecule has 1 aliphatic carbocycles. The maximum absolute atomic E-state index is 11.9. The second-order valence-corrected chi connectivity index (χ2v) is 11.4. The van der Waals surface area contributed by atoms with E-state index in [9.17, 15) is 19.8 Å². The molecule has 0 amide bonds. The van der Waals surface area contributed by atoms with Crippen LogP contribution in [0.3, 0.4) is 0 Å². The first-order valence-corrected chi connectivity index (χ1v) is 11.8. The van der Waals surface area contributed by atoms with Crippen molar-refractivity contribution >= 4 is 11.9 Å². The van der Waals surface area contributed by atoms with Gasteiger partial charge in [-0.1, -0.05) is 13.8 Å². The van der Waals surface area contributed by atoms with E-state index < -0.39 is 47.2 Å². The number of carbonyl (C=O) groups is 2.